The molecule has 6 aromatic carbocycles. The number of benzene rings is 6. The predicted molar refractivity (Wildman–Crippen MR) is 214 cm³/mol. The molecule has 0 bridgehead atoms. The second kappa shape index (κ2) is 15.5. The van der Waals surface area contributed by atoms with E-state index in [-0.39, 0.29) is 48.2 Å². The van der Waals surface area contributed by atoms with Crippen molar-refractivity contribution in [2.75, 3.05) is 23.4 Å². The molecule has 10 nitrogen and oxygen atoms in total. The number of carbonyl (C=O) groups is 3. The van der Waals surface area contributed by atoms with Crippen molar-refractivity contribution in [1.82, 2.24) is 14.7 Å². The molecular formula is C45H38N6O4. The monoisotopic (exact) mass is 726 g/mol. The van der Waals surface area contributed by atoms with Crippen molar-refractivity contribution >= 4 is 45.7 Å². The molecule has 3 N–H and O–H groups in total. The Hall–Kier alpha value is -7.04. The first-order valence-corrected chi connectivity index (χ1v) is 18.1. The van der Waals surface area contributed by atoms with Gasteiger partial charge in [0.1, 0.15) is 5.75 Å². The smallest absolute Gasteiger partial charge is 0.283 e. The fraction of sp³-hybridized carbons (Fsp3) is 0.111. The molecule has 3 amide bonds. The summed E-state index contributed by atoms with van der Waals surface area (Å²) in [6, 6.07) is 48.3. The molecule has 0 unspecified atom stereocenters. The fourth-order valence-corrected chi connectivity index (χ4v) is 7.07. The zero-order chi connectivity index (χ0) is 37.7. The Morgan fingerprint density at radius 1 is 0.745 bits per heavy atom. The first-order chi connectivity index (χ1) is 27.0. The van der Waals surface area contributed by atoms with Crippen LogP contribution in [-0.4, -0.2) is 51.6 Å². The van der Waals surface area contributed by atoms with Crippen molar-refractivity contribution in [2.24, 2.45) is 5.73 Å². The lowest BCUT2D eigenvalue weighted by Crippen LogP contribution is -2.48. The van der Waals surface area contributed by atoms with Crippen LogP contribution < -0.4 is 20.7 Å². The van der Waals surface area contributed by atoms with Gasteiger partial charge in [-0.25, -0.2) is 4.68 Å². The lowest BCUT2D eigenvalue weighted by atomic mass is 9.93. The second-order valence-electron chi connectivity index (χ2n) is 13.3. The number of fused-ring (bicyclic) bond motifs is 2. The molecule has 0 saturated heterocycles. The number of rotatable bonds is 10. The van der Waals surface area contributed by atoms with Crippen LogP contribution in [0.25, 0.3) is 16.6 Å². The van der Waals surface area contributed by atoms with Crippen LogP contribution >= 0.6 is 0 Å². The lowest BCUT2D eigenvalue weighted by Gasteiger charge is -2.36. The fourth-order valence-electron chi connectivity index (χ4n) is 7.07. The molecule has 8 rings (SSSR count). The molecule has 1 aliphatic heterocycles. The molecule has 0 saturated carbocycles. The third kappa shape index (κ3) is 7.18. The summed E-state index contributed by atoms with van der Waals surface area (Å²) in [5, 5.41) is 8.48. The van der Waals surface area contributed by atoms with E-state index in [0.717, 1.165) is 11.1 Å². The zero-order valence-corrected chi connectivity index (χ0v) is 29.9. The van der Waals surface area contributed by atoms with Gasteiger partial charge in [0.2, 0.25) is 0 Å². The van der Waals surface area contributed by atoms with Crippen molar-refractivity contribution in [3.05, 3.63) is 180 Å². The summed E-state index contributed by atoms with van der Waals surface area (Å²) >= 11 is 0. The molecule has 55 heavy (non-hydrogen) atoms. The number of ether oxygens (including phenoxy) is 1. The molecule has 7 aromatic rings. The van der Waals surface area contributed by atoms with E-state index < -0.39 is 0 Å². The predicted octanol–water partition coefficient (Wildman–Crippen LogP) is 7.55. The Morgan fingerprint density at radius 3 is 2.05 bits per heavy atom. The summed E-state index contributed by atoms with van der Waals surface area (Å²) in [7, 11) is 0. The van der Waals surface area contributed by atoms with Crippen LogP contribution in [0, 0.1) is 0 Å². The second-order valence-corrected chi connectivity index (χ2v) is 13.3. The molecule has 0 aliphatic carbocycles. The molecule has 0 spiro atoms. The SMILES string of the molecule is NC[C@@H]1Cc2ccccc2CN1C(=O)c1cc(NC(=O)COc2ccccc2)ccc1-n1nc(C(=O)N(c2ccccc2)c2ccccc2)c2ccccc21. The van der Waals surface area contributed by atoms with Gasteiger partial charge in [-0.05, 0) is 78.2 Å². The summed E-state index contributed by atoms with van der Waals surface area (Å²) in [5.74, 6) is -0.435. The van der Waals surface area contributed by atoms with E-state index in [9.17, 15) is 14.4 Å². The molecule has 1 aromatic heterocycles. The maximum Gasteiger partial charge on any atom is 0.283 e. The minimum absolute atomic E-state index is 0.212. The third-order valence-electron chi connectivity index (χ3n) is 9.76. The highest BCUT2D eigenvalue weighted by atomic mass is 16.5. The van der Waals surface area contributed by atoms with E-state index in [1.807, 2.05) is 121 Å². The number of hydrogen-bond acceptors (Lipinski definition) is 6. The van der Waals surface area contributed by atoms with Crippen LogP contribution in [0.4, 0.5) is 17.1 Å². The number of nitrogens with zero attached hydrogens (tertiary/aromatic N) is 4. The minimum Gasteiger partial charge on any atom is -0.484 e. The van der Waals surface area contributed by atoms with E-state index in [1.165, 1.54) is 0 Å². The van der Waals surface area contributed by atoms with Crippen LogP contribution in [0.5, 0.6) is 5.75 Å². The maximum absolute atomic E-state index is 14.9. The topological polar surface area (TPSA) is 123 Å². The molecule has 1 atom stereocenters. The van der Waals surface area contributed by atoms with Crippen LogP contribution in [0.1, 0.15) is 32.0 Å². The van der Waals surface area contributed by atoms with Gasteiger partial charge in [-0.1, -0.05) is 97.1 Å². The van der Waals surface area contributed by atoms with Crippen molar-refractivity contribution < 1.29 is 19.1 Å². The first-order valence-electron chi connectivity index (χ1n) is 18.1. The van der Waals surface area contributed by atoms with E-state index in [1.54, 1.807) is 44.8 Å². The van der Waals surface area contributed by atoms with Gasteiger partial charge in [0, 0.05) is 41.6 Å². The van der Waals surface area contributed by atoms with Gasteiger partial charge in [-0.15, -0.1) is 0 Å². The Labute approximate surface area is 318 Å². The van der Waals surface area contributed by atoms with Gasteiger partial charge >= 0.3 is 0 Å². The Kier molecular flexibility index (Phi) is 9.88. The van der Waals surface area contributed by atoms with Crippen molar-refractivity contribution in [1.29, 1.82) is 0 Å². The van der Waals surface area contributed by atoms with Crippen LogP contribution in [0.15, 0.2) is 158 Å². The number of hydrogen-bond donors (Lipinski definition) is 2. The van der Waals surface area contributed by atoms with Gasteiger partial charge in [-0.3, -0.25) is 19.3 Å². The highest BCUT2D eigenvalue weighted by molar-refractivity contribution is 6.16. The average molecular weight is 727 g/mol. The van der Waals surface area contributed by atoms with E-state index in [4.69, 9.17) is 15.6 Å². The summed E-state index contributed by atoms with van der Waals surface area (Å²) in [6.07, 6.45) is 0.610. The van der Waals surface area contributed by atoms with Crippen LogP contribution in [0.3, 0.4) is 0 Å². The molecule has 0 fully saturated rings. The average Bonchev–Trinajstić information content (AvgIpc) is 3.63. The normalized spacial score (nSPS) is 13.5. The first kappa shape index (κ1) is 35.0. The molecule has 272 valence electrons. The van der Waals surface area contributed by atoms with Crippen LogP contribution in [0.2, 0.25) is 0 Å². The van der Waals surface area contributed by atoms with Crippen molar-refractivity contribution in [2.45, 2.75) is 19.0 Å². The highest BCUT2D eigenvalue weighted by Crippen LogP contribution is 2.33. The summed E-state index contributed by atoms with van der Waals surface area (Å²) in [5.41, 5.74) is 11.9. The number of amides is 3. The summed E-state index contributed by atoms with van der Waals surface area (Å²) in [4.78, 5) is 46.1. The standard InChI is InChI=1S/C45H38N6O4/c46-28-36-26-31-14-10-11-15-32(31)29-49(36)44(53)39-27-33(47-42(52)30-55-37-20-8-3-9-21-37)24-25-41(39)51-40-23-13-12-22-38(40)43(48-51)45(54)50(34-16-4-1-5-17-34)35-18-6-2-7-19-35/h1-25,27,36H,26,28-30,46H2,(H,47,52)/t36-/m0/s1. The summed E-state index contributed by atoms with van der Waals surface area (Å²) in [6.45, 7) is 0.410. The maximum atomic E-state index is 14.9. The van der Waals surface area contributed by atoms with Gasteiger partial charge in [0.05, 0.1) is 16.8 Å². The quantitative estimate of drug-likeness (QED) is 0.150. The lowest BCUT2D eigenvalue weighted by molar-refractivity contribution is -0.118. The van der Waals surface area contributed by atoms with E-state index >= 15 is 0 Å². The van der Waals surface area contributed by atoms with Gasteiger partial charge < -0.3 is 20.7 Å². The third-order valence-corrected chi connectivity index (χ3v) is 9.76. The van der Waals surface area contributed by atoms with Gasteiger partial charge in [-0.2, -0.15) is 5.10 Å². The van der Waals surface area contributed by atoms with Crippen molar-refractivity contribution in [3.8, 4) is 11.4 Å². The van der Waals surface area contributed by atoms with E-state index in [0.29, 0.717) is 52.4 Å². The number of carbonyl (C=O) groups excluding carboxylic acids is 3. The van der Waals surface area contributed by atoms with Crippen molar-refractivity contribution in [3.63, 3.8) is 0 Å². The largest absolute Gasteiger partial charge is 0.484 e. The Balaban J connectivity index is 1.22. The number of nitrogens with one attached hydrogen (secondary N) is 1. The molecule has 10 heteroatoms. The number of aromatic nitrogens is 2. The molecule has 2 heterocycles. The van der Waals surface area contributed by atoms with Gasteiger partial charge in [0.25, 0.3) is 17.7 Å². The van der Waals surface area contributed by atoms with Crippen LogP contribution in [-0.2, 0) is 17.8 Å². The van der Waals surface area contributed by atoms with E-state index in [2.05, 4.69) is 11.4 Å². The van der Waals surface area contributed by atoms with Gasteiger partial charge in [0.15, 0.2) is 12.3 Å². The molecule has 0 radical (unpaired) electrons. The number of anilines is 3. The Bertz CT molecular complexity index is 2450. The highest BCUT2D eigenvalue weighted by Gasteiger charge is 2.32. The number of para-hydroxylation sites is 4. The number of nitrogens with two attached hydrogens (primary N) is 1. The minimum atomic E-state index is -0.388. The zero-order valence-electron chi connectivity index (χ0n) is 29.9. The summed E-state index contributed by atoms with van der Waals surface area (Å²) < 4.78 is 7.32. The Morgan fingerprint density at radius 2 is 1.36 bits per heavy atom. The molecule has 1 aliphatic rings. The molecular weight excluding hydrogens is 689 g/mol.